The summed E-state index contributed by atoms with van der Waals surface area (Å²) >= 11 is 6.21. The molecule has 19 heavy (non-hydrogen) atoms. The van der Waals surface area contributed by atoms with Crippen molar-refractivity contribution in [3.05, 3.63) is 28.9 Å². The highest BCUT2D eigenvalue weighted by atomic mass is 35.5. The molecule has 1 heterocycles. The van der Waals surface area contributed by atoms with Crippen LogP contribution in [0, 0.1) is 0 Å². The number of methoxy groups -OCH3 is 1. The first-order valence-corrected chi connectivity index (χ1v) is 7.05. The molecule has 0 spiro atoms. The summed E-state index contributed by atoms with van der Waals surface area (Å²) in [6.07, 6.45) is 4.89. The Morgan fingerprint density at radius 3 is 2.79 bits per heavy atom. The largest absolute Gasteiger partial charge is 0.495 e. The second-order valence-corrected chi connectivity index (χ2v) is 5.09. The number of aliphatic hydroxyl groups is 1. The number of nitrogens with zero attached hydrogens (tertiary/aromatic N) is 1. The average molecular weight is 282 g/mol. The second-order valence-electron chi connectivity index (χ2n) is 4.68. The lowest BCUT2D eigenvalue weighted by Gasteiger charge is -2.06. The monoisotopic (exact) mass is 281 g/mol. The van der Waals surface area contributed by atoms with Crippen LogP contribution in [-0.4, -0.2) is 23.4 Å². The summed E-state index contributed by atoms with van der Waals surface area (Å²) in [5, 5.41) is 10.8. The van der Waals surface area contributed by atoms with Crippen LogP contribution >= 0.6 is 11.6 Å². The molecule has 0 saturated carbocycles. The van der Waals surface area contributed by atoms with Gasteiger partial charge in [-0.1, -0.05) is 18.5 Å². The number of halogens is 1. The minimum atomic E-state index is 0.213. The normalized spacial score (nSPS) is 11.2. The van der Waals surface area contributed by atoms with Crippen LogP contribution < -0.4 is 4.74 Å². The molecule has 104 valence electrons. The molecule has 0 amide bonds. The zero-order valence-electron chi connectivity index (χ0n) is 11.4. The van der Waals surface area contributed by atoms with Gasteiger partial charge in [-0.25, -0.2) is 0 Å². The average Bonchev–Trinajstić information content (AvgIpc) is 2.73. The van der Waals surface area contributed by atoms with Gasteiger partial charge in [0.1, 0.15) is 5.75 Å². The quantitative estimate of drug-likeness (QED) is 0.877. The predicted molar refractivity (Wildman–Crippen MR) is 79.2 cm³/mol. The van der Waals surface area contributed by atoms with E-state index in [0.717, 1.165) is 31.3 Å². The SMILES string of the molecule is CCCn1cc(CCCO)c2cc(OC)c(Cl)cc21. The van der Waals surface area contributed by atoms with Crippen LogP contribution in [0.1, 0.15) is 25.3 Å². The van der Waals surface area contributed by atoms with Gasteiger partial charge in [-0.05, 0) is 37.0 Å². The fourth-order valence-corrected chi connectivity index (χ4v) is 2.65. The lowest BCUT2D eigenvalue weighted by molar-refractivity contribution is 0.288. The van der Waals surface area contributed by atoms with Crippen LogP contribution in [0.5, 0.6) is 5.75 Å². The molecule has 0 aliphatic rings. The Balaban J connectivity index is 2.54. The standard InChI is InChI=1S/C15H20ClNO2/c1-3-6-17-10-11(5-4-7-18)12-8-15(19-2)13(16)9-14(12)17/h8-10,18H,3-7H2,1-2H3. The number of benzene rings is 1. The molecule has 1 aromatic carbocycles. The van der Waals surface area contributed by atoms with Gasteiger partial charge in [-0.2, -0.15) is 0 Å². The van der Waals surface area contributed by atoms with Gasteiger partial charge in [0.05, 0.1) is 17.6 Å². The molecule has 2 rings (SSSR count). The second kappa shape index (κ2) is 6.31. The van der Waals surface area contributed by atoms with Crippen molar-refractivity contribution in [2.24, 2.45) is 0 Å². The molecule has 0 atom stereocenters. The Labute approximate surface area is 118 Å². The minimum absolute atomic E-state index is 0.213. The predicted octanol–water partition coefficient (Wildman–Crippen LogP) is 3.64. The molecule has 4 heteroatoms. The minimum Gasteiger partial charge on any atom is -0.495 e. The van der Waals surface area contributed by atoms with Crippen molar-refractivity contribution in [1.29, 1.82) is 0 Å². The number of ether oxygens (including phenoxy) is 1. The van der Waals surface area contributed by atoms with E-state index in [9.17, 15) is 0 Å². The number of aliphatic hydroxyl groups excluding tert-OH is 1. The van der Waals surface area contributed by atoms with Gasteiger partial charge < -0.3 is 14.4 Å². The van der Waals surface area contributed by atoms with E-state index in [1.54, 1.807) is 7.11 Å². The maximum Gasteiger partial charge on any atom is 0.138 e. The molecular formula is C15H20ClNO2. The summed E-state index contributed by atoms with van der Waals surface area (Å²) < 4.78 is 7.52. The number of aryl methyl sites for hydroxylation is 2. The smallest absolute Gasteiger partial charge is 0.138 e. The number of rotatable bonds is 6. The van der Waals surface area contributed by atoms with E-state index in [-0.39, 0.29) is 6.61 Å². The third-order valence-corrected chi connectivity index (χ3v) is 3.60. The van der Waals surface area contributed by atoms with Crippen LogP contribution in [0.25, 0.3) is 10.9 Å². The molecule has 0 unspecified atom stereocenters. The zero-order chi connectivity index (χ0) is 13.8. The van der Waals surface area contributed by atoms with Crippen molar-refractivity contribution >= 4 is 22.5 Å². The Hall–Kier alpha value is -1.19. The topological polar surface area (TPSA) is 34.4 Å². The third kappa shape index (κ3) is 2.88. The Kier molecular flexibility index (Phi) is 4.72. The number of fused-ring (bicyclic) bond motifs is 1. The molecule has 3 nitrogen and oxygen atoms in total. The summed E-state index contributed by atoms with van der Waals surface area (Å²) in [6.45, 7) is 3.34. The van der Waals surface area contributed by atoms with Gasteiger partial charge in [0.15, 0.2) is 0 Å². The molecule has 0 aliphatic carbocycles. The molecule has 0 bridgehead atoms. The summed E-state index contributed by atoms with van der Waals surface area (Å²) in [4.78, 5) is 0. The van der Waals surface area contributed by atoms with Crippen molar-refractivity contribution < 1.29 is 9.84 Å². The van der Waals surface area contributed by atoms with E-state index in [2.05, 4.69) is 17.7 Å². The summed E-state index contributed by atoms with van der Waals surface area (Å²) in [5.41, 5.74) is 2.38. The first-order chi connectivity index (χ1) is 9.21. The Morgan fingerprint density at radius 2 is 2.16 bits per heavy atom. The maximum atomic E-state index is 9.00. The molecule has 0 aliphatic heterocycles. The molecule has 1 aromatic heterocycles. The molecular weight excluding hydrogens is 262 g/mol. The lowest BCUT2D eigenvalue weighted by atomic mass is 10.1. The highest BCUT2D eigenvalue weighted by Crippen LogP contribution is 2.33. The van der Waals surface area contributed by atoms with Crippen LogP contribution in [0.3, 0.4) is 0 Å². The van der Waals surface area contributed by atoms with Gasteiger partial charge in [0.2, 0.25) is 0 Å². The molecule has 1 N–H and O–H groups in total. The Morgan fingerprint density at radius 1 is 1.37 bits per heavy atom. The Bertz CT molecular complexity index is 563. The van der Waals surface area contributed by atoms with Gasteiger partial charge in [-0.3, -0.25) is 0 Å². The van der Waals surface area contributed by atoms with Gasteiger partial charge in [-0.15, -0.1) is 0 Å². The van der Waals surface area contributed by atoms with Gasteiger partial charge in [0.25, 0.3) is 0 Å². The van der Waals surface area contributed by atoms with E-state index >= 15 is 0 Å². The summed E-state index contributed by atoms with van der Waals surface area (Å²) in [7, 11) is 1.63. The van der Waals surface area contributed by atoms with E-state index < -0.39 is 0 Å². The number of hydrogen-bond donors (Lipinski definition) is 1. The lowest BCUT2D eigenvalue weighted by Crippen LogP contribution is -1.94. The first-order valence-electron chi connectivity index (χ1n) is 6.67. The highest BCUT2D eigenvalue weighted by molar-refractivity contribution is 6.32. The molecule has 0 radical (unpaired) electrons. The fourth-order valence-electron chi connectivity index (χ4n) is 2.42. The van der Waals surface area contributed by atoms with Gasteiger partial charge >= 0.3 is 0 Å². The van der Waals surface area contributed by atoms with Crippen molar-refractivity contribution in [3.8, 4) is 5.75 Å². The fraction of sp³-hybridized carbons (Fsp3) is 0.467. The first kappa shape index (κ1) is 14.2. The van der Waals surface area contributed by atoms with E-state index in [4.69, 9.17) is 21.4 Å². The third-order valence-electron chi connectivity index (χ3n) is 3.31. The molecule has 0 saturated heterocycles. The van der Waals surface area contributed by atoms with Crippen LogP contribution in [0.15, 0.2) is 18.3 Å². The number of aromatic nitrogens is 1. The molecule has 0 fully saturated rings. The van der Waals surface area contributed by atoms with E-state index in [1.807, 2.05) is 12.1 Å². The van der Waals surface area contributed by atoms with Crippen molar-refractivity contribution in [1.82, 2.24) is 4.57 Å². The van der Waals surface area contributed by atoms with Crippen molar-refractivity contribution in [3.63, 3.8) is 0 Å². The highest BCUT2D eigenvalue weighted by Gasteiger charge is 2.12. The van der Waals surface area contributed by atoms with Crippen LogP contribution in [0.4, 0.5) is 0 Å². The molecule has 2 aromatic rings. The van der Waals surface area contributed by atoms with Gasteiger partial charge in [0, 0.05) is 24.7 Å². The van der Waals surface area contributed by atoms with Crippen LogP contribution in [0.2, 0.25) is 5.02 Å². The van der Waals surface area contributed by atoms with Crippen LogP contribution in [-0.2, 0) is 13.0 Å². The van der Waals surface area contributed by atoms with Crippen molar-refractivity contribution in [2.45, 2.75) is 32.7 Å². The zero-order valence-corrected chi connectivity index (χ0v) is 12.2. The van der Waals surface area contributed by atoms with Crippen molar-refractivity contribution in [2.75, 3.05) is 13.7 Å². The van der Waals surface area contributed by atoms with E-state index in [1.165, 1.54) is 10.9 Å². The maximum absolute atomic E-state index is 9.00. The summed E-state index contributed by atoms with van der Waals surface area (Å²) in [5.74, 6) is 0.702. The number of hydrogen-bond acceptors (Lipinski definition) is 2. The summed E-state index contributed by atoms with van der Waals surface area (Å²) in [6, 6.07) is 3.96. The van der Waals surface area contributed by atoms with E-state index in [0.29, 0.717) is 10.8 Å².